The van der Waals surface area contributed by atoms with Gasteiger partial charge in [0, 0.05) is 17.8 Å². The summed E-state index contributed by atoms with van der Waals surface area (Å²) in [5.74, 6) is -0.768. The topological polar surface area (TPSA) is 50.2 Å². The van der Waals surface area contributed by atoms with Crippen molar-refractivity contribution < 1.29 is 9.90 Å². The molecule has 1 aliphatic carbocycles. The van der Waals surface area contributed by atoms with Crippen molar-refractivity contribution in [3.63, 3.8) is 0 Å². The number of nitrogens with zero attached hydrogens (tertiary/aromatic N) is 1. The quantitative estimate of drug-likeness (QED) is 0.747. The Labute approximate surface area is 76.4 Å². The van der Waals surface area contributed by atoms with E-state index in [2.05, 4.69) is 4.98 Å². The molecule has 1 aromatic rings. The Morgan fingerprint density at radius 3 is 2.77 bits per heavy atom. The van der Waals surface area contributed by atoms with Crippen LogP contribution in [-0.2, 0) is 4.79 Å². The molecule has 0 aliphatic heterocycles. The maximum Gasteiger partial charge on any atom is 0.307 e. The van der Waals surface area contributed by atoms with Gasteiger partial charge in [-0.25, -0.2) is 0 Å². The second kappa shape index (κ2) is 3.17. The first-order valence-corrected chi connectivity index (χ1v) is 4.43. The number of carboxylic acids is 1. The van der Waals surface area contributed by atoms with Crippen molar-refractivity contribution in [2.75, 3.05) is 0 Å². The normalized spacial score (nSPS) is 26.5. The van der Waals surface area contributed by atoms with E-state index in [1.165, 1.54) is 0 Å². The minimum absolute atomic E-state index is 0.138. The van der Waals surface area contributed by atoms with Crippen molar-refractivity contribution in [1.29, 1.82) is 0 Å². The third-order valence-electron chi connectivity index (χ3n) is 2.66. The summed E-state index contributed by atoms with van der Waals surface area (Å²) in [5, 5.41) is 8.84. The molecule has 2 atom stereocenters. The van der Waals surface area contributed by atoms with Gasteiger partial charge in [-0.3, -0.25) is 9.78 Å². The Kier molecular flexibility index (Phi) is 2.00. The number of hydrogen-bond donors (Lipinski definition) is 1. The lowest BCUT2D eigenvalue weighted by molar-refractivity contribution is -0.145. The molecule has 3 heteroatoms. The van der Waals surface area contributed by atoms with Crippen LogP contribution in [0.1, 0.15) is 24.5 Å². The lowest BCUT2D eigenvalue weighted by Crippen LogP contribution is -2.31. The number of carbonyl (C=O) groups is 1. The first kappa shape index (κ1) is 8.23. The van der Waals surface area contributed by atoms with Gasteiger partial charge in [0.05, 0.1) is 5.92 Å². The zero-order valence-electron chi connectivity index (χ0n) is 7.18. The van der Waals surface area contributed by atoms with Crippen LogP contribution in [-0.4, -0.2) is 16.1 Å². The van der Waals surface area contributed by atoms with E-state index in [4.69, 9.17) is 5.11 Å². The van der Waals surface area contributed by atoms with Crippen molar-refractivity contribution >= 4 is 5.97 Å². The number of hydrogen-bond acceptors (Lipinski definition) is 2. The van der Waals surface area contributed by atoms with Crippen molar-refractivity contribution in [1.82, 2.24) is 4.98 Å². The average Bonchev–Trinajstić information content (AvgIpc) is 2.02. The van der Waals surface area contributed by atoms with E-state index in [0.29, 0.717) is 0 Å². The predicted octanol–water partition coefficient (Wildman–Crippen LogP) is 1.66. The molecule has 0 bridgehead atoms. The first-order valence-electron chi connectivity index (χ1n) is 4.43. The second-order valence-electron chi connectivity index (χ2n) is 3.38. The second-order valence-corrected chi connectivity index (χ2v) is 3.38. The zero-order chi connectivity index (χ0) is 9.26. The van der Waals surface area contributed by atoms with E-state index >= 15 is 0 Å². The van der Waals surface area contributed by atoms with Gasteiger partial charge in [0.2, 0.25) is 0 Å². The monoisotopic (exact) mass is 177 g/mol. The Morgan fingerprint density at radius 1 is 1.46 bits per heavy atom. The lowest BCUT2D eigenvalue weighted by atomic mass is 9.72. The van der Waals surface area contributed by atoms with Gasteiger partial charge in [0.15, 0.2) is 0 Å². The largest absolute Gasteiger partial charge is 0.481 e. The molecule has 1 fully saturated rings. The Morgan fingerprint density at radius 2 is 2.31 bits per heavy atom. The van der Waals surface area contributed by atoms with Crippen LogP contribution in [0.5, 0.6) is 0 Å². The highest BCUT2D eigenvalue weighted by Crippen LogP contribution is 2.41. The fourth-order valence-electron chi connectivity index (χ4n) is 1.74. The van der Waals surface area contributed by atoms with Crippen LogP contribution in [0.3, 0.4) is 0 Å². The molecule has 2 unspecified atom stereocenters. The fourth-order valence-corrected chi connectivity index (χ4v) is 1.74. The van der Waals surface area contributed by atoms with Crippen LogP contribution in [0.4, 0.5) is 0 Å². The molecular weight excluding hydrogens is 166 g/mol. The van der Waals surface area contributed by atoms with Crippen molar-refractivity contribution in [2.45, 2.75) is 18.8 Å². The highest BCUT2D eigenvalue weighted by atomic mass is 16.4. The van der Waals surface area contributed by atoms with E-state index in [-0.39, 0.29) is 11.8 Å². The summed E-state index contributed by atoms with van der Waals surface area (Å²) < 4.78 is 0. The molecule has 0 radical (unpaired) electrons. The number of aliphatic carboxylic acids is 1. The summed E-state index contributed by atoms with van der Waals surface area (Å²) in [6.45, 7) is 0. The molecule has 1 N–H and O–H groups in total. The van der Waals surface area contributed by atoms with E-state index in [1.807, 2.05) is 18.2 Å². The maximum atomic E-state index is 10.7. The molecule has 3 nitrogen and oxygen atoms in total. The molecule has 0 saturated heterocycles. The summed E-state index contributed by atoms with van der Waals surface area (Å²) in [5.41, 5.74) is 0.918. The van der Waals surface area contributed by atoms with E-state index in [0.717, 1.165) is 18.5 Å². The molecule has 0 amide bonds. The summed E-state index contributed by atoms with van der Waals surface area (Å²) in [7, 11) is 0. The summed E-state index contributed by atoms with van der Waals surface area (Å²) in [6.07, 6.45) is 3.46. The van der Waals surface area contributed by atoms with Gasteiger partial charge >= 0.3 is 5.97 Å². The van der Waals surface area contributed by atoms with Crippen LogP contribution in [0, 0.1) is 5.92 Å². The van der Waals surface area contributed by atoms with Gasteiger partial charge in [0.25, 0.3) is 0 Å². The fraction of sp³-hybridized carbons (Fsp3) is 0.400. The standard InChI is InChI=1S/C10H11NO2/c12-10(13)8-5-4-7(8)9-3-1-2-6-11-9/h1-3,6-8H,4-5H2,(H,12,13). The number of pyridine rings is 1. The van der Waals surface area contributed by atoms with Crippen molar-refractivity contribution in [2.24, 2.45) is 5.92 Å². The lowest BCUT2D eigenvalue weighted by Gasteiger charge is -2.32. The minimum Gasteiger partial charge on any atom is -0.481 e. The number of carboxylic acid groups (broad SMARTS) is 1. The average molecular weight is 177 g/mol. The third kappa shape index (κ3) is 1.41. The molecule has 13 heavy (non-hydrogen) atoms. The van der Waals surface area contributed by atoms with E-state index in [9.17, 15) is 4.79 Å². The molecule has 0 spiro atoms. The van der Waals surface area contributed by atoms with Crippen LogP contribution in [0.15, 0.2) is 24.4 Å². The summed E-state index contributed by atoms with van der Waals surface area (Å²) in [4.78, 5) is 14.9. The minimum atomic E-state index is -0.693. The van der Waals surface area contributed by atoms with Gasteiger partial charge in [0.1, 0.15) is 0 Å². The molecular formula is C10H11NO2. The maximum absolute atomic E-state index is 10.7. The third-order valence-corrected chi connectivity index (χ3v) is 2.66. The Hall–Kier alpha value is -1.38. The number of rotatable bonds is 2. The highest BCUT2D eigenvalue weighted by molar-refractivity contribution is 5.72. The zero-order valence-corrected chi connectivity index (χ0v) is 7.18. The molecule has 1 heterocycles. The smallest absolute Gasteiger partial charge is 0.307 e. The van der Waals surface area contributed by atoms with Gasteiger partial charge in [-0.15, -0.1) is 0 Å². The number of aromatic nitrogens is 1. The Bertz CT molecular complexity index is 310. The van der Waals surface area contributed by atoms with Crippen LogP contribution < -0.4 is 0 Å². The van der Waals surface area contributed by atoms with Crippen molar-refractivity contribution in [3.8, 4) is 0 Å². The van der Waals surface area contributed by atoms with Crippen LogP contribution in [0.2, 0.25) is 0 Å². The van der Waals surface area contributed by atoms with Gasteiger partial charge < -0.3 is 5.11 Å². The molecule has 0 aromatic carbocycles. The summed E-state index contributed by atoms with van der Waals surface area (Å²) >= 11 is 0. The van der Waals surface area contributed by atoms with Gasteiger partial charge in [-0.1, -0.05) is 6.07 Å². The van der Waals surface area contributed by atoms with Gasteiger partial charge in [-0.2, -0.15) is 0 Å². The van der Waals surface area contributed by atoms with Crippen LogP contribution >= 0.6 is 0 Å². The summed E-state index contributed by atoms with van der Waals surface area (Å²) in [6, 6.07) is 5.65. The first-order chi connectivity index (χ1) is 6.29. The van der Waals surface area contributed by atoms with Crippen LogP contribution in [0.25, 0.3) is 0 Å². The Balaban J connectivity index is 2.15. The molecule has 2 rings (SSSR count). The molecule has 1 saturated carbocycles. The highest BCUT2D eigenvalue weighted by Gasteiger charge is 2.38. The van der Waals surface area contributed by atoms with Gasteiger partial charge in [-0.05, 0) is 25.0 Å². The SMILES string of the molecule is O=C(O)C1CCC1c1ccccn1. The molecule has 1 aliphatic rings. The molecule has 1 aromatic heterocycles. The molecule has 68 valence electrons. The van der Waals surface area contributed by atoms with E-state index < -0.39 is 5.97 Å². The predicted molar refractivity (Wildman–Crippen MR) is 47.3 cm³/mol. The van der Waals surface area contributed by atoms with Crippen molar-refractivity contribution in [3.05, 3.63) is 30.1 Å². The van der Waals surface area contributed by atoms with E-state index in [1.54, 1.807) is 6.20 Å².